The van der Waals surface area contributed by atoms with E-state index in [-0.39, 0.29) is 0 Å². The van der Waals surface area contributed by atoms with E-state index in [1.807, 2.05) is 16.8 Å². The molecule has 0 unspecified atom stereocenters. The van der Waals surface area contributed by atoms with Gasteiger partial charge >= 0.3 is 11.9 Å². The van der Waals surface area contributed by atoms with Crippen molar-refractivity contribution in [3.63, 3.8) is 0 Å². The smallest absolute Gasteiger partial charge is 0.328 e. The van der Waals surface area contributed by atoms with E-state index >= 15 is 0 Å². The first kappa shape index (κ1) is 20.6. The Morgan fingerprint density at radius 2 is 1.96 bits per heavy atom. The maximum atomic E-state index is 9.55. The van der Waals surface area contributed by atoms with Crippen LogP contribution < -0.4 is 10.6 Å². The summed E-state index contributed by atoms with van der Waals surface area (Å²) in [5.41, 5.74) is 2.11. The van der Waals surface area contributed by atoms with Crippen molar-refractivity contribution in [3.05, 3.63) is 42.7 Å². The molecule has 1 aromatic carbocycles. The number of amidine groups is 1. The zero-order valence-corrected chi connectivity index (χ0v) is 15.4. The summed E-state index contributed by atoms with van der Waals surface area (Å²) in [5, 5.41) is 26.5. The van der Waals surface area contributed by atoms with Crippen molar-refractivity contribution in [3.8, 4) is 11.4 Å². The molecule has 1 aromatic heterocycles. The van der Waals surface area contributed by atoms with E-state index in [2.05, 4.69) is 44.8 Å². The van der Waals surface area contributed by atoms with Crippen molar-refractivity contribution in [1.82, 2.24) is 20.1 Å². The second-order valence-corrected chi connectivity index (χ2v) is 5.56. The van der Waals surface area contributed by atoms with Crippen LogP contribution in [0.25, 0.3) is 11.4 Å². The van der Waals surface area contributed by atoms with Gasteiger partial charge in [-0.1, -0.05) is 12.1 Å². The molecule has 0 bridgehead atoms. The molecule has 10 nitrogen and oxygen atoms in total. The van der Waals surface area contributed by atoms with E-state index in [9.17, 15) is 9.59 Å². The lowest BCUT2D eigenvalue weighted by molar-refractivity contribution is -0.134. The van der Waals surface area contributed by atoms with Crippen LogP contribution in [0.1, 0.15) is 6.92 Å². The number of carboxylic acids is 2. The van der Waals surface area contributed by atoms with Crippen LogP contribution in [0, 0.1) is 0 Å². The number of aliphatic carboxylic acids is 2. The molecule has 0 aliphatic carbocycles. The topological polar surface area (TPSA) is 142 Å². The first-order valence-corrected chi connectivity index (χ1v) is 8.63. The third-order valence-electron chi connectivity index (χ3n) is 3.64. The Morgan fingerprint density at radius 3 is 2.57 bits per heavy atom. The van der Waals surface area contributed by atoms with Crippen LogP contribution in [-0.4, -0.2) is 62.4 Å². The number of anilines is 1. The largest absolute Gasteiger partial charge is 0.478 e. The van der Waals surface area contributed by atoms with E-state index in [0.717, 1.165) is 42.5 Å². The minimum Gasteiger partial charge on any atom is -0.478 e. The lowest BCUT2D eigenvalue weighted by Gasteiger charge is -2.12. The standard InChI is InChI=1S/C14H18N6.C4H4O4/c1-2-20-14(18-10-19-20)11-5-3-4-6-12(11)17-9-13-15-7-8-16-13;5-3(6)1-2-4(7)8/h3-6,10,17H,2,7-9H2,1H3,(H,15,16);1-2H,(H,5,6)(H,7,8). The van der Waals surface area contributed by atoms with Gasteiger partial charge in [-0.2, -0.15) is 5.10 Å². The summed E-state index contributed by atoms with van der Waals surface area (Å²) in [7, 11) is 0. The number of hydrogen-bond acceptors (Lipinski definition) is 7. The van der Waals surface area contributed by atoms with Gasteiger partial charge in [0.1, 0.15) is 12.2 Å². The monoisotopic (exact) mass is 386 g/mol. The molecule has 4 N–H and O–H groups in total. The Hall–Kier alpha value is -3.69. The molecule has 3 rings (SSSR count). The summed E-state index contributed by atoms with van der Waals surface area (Å²) < 4.78 is 1.89. The number of aromatic nitrogens is 3. The number of aryl methyl sites for hydroxylation is 1. The highest BCUT2D eigenvalue weighted by Crippen LogP contribution is 2.25. The van der Waals surface area contributed by atoms with Crippen LogP contribution >= 0.6 is 0 Å². The van der Waals surface area contributed by atoms with Gasteiger partial charge in [0.2, 0.25) is 0 Å². The third-order valence-corrected chi connectivity index (χ3v) is 3.64. The van der Waals surface area contributed by atoms with Crippen molar-refractivity contribution in [1.29, 1.82) is 0 Å². The van der Waals surface area contributed by atoms with E-state index in [1.165, 1.54) is 0 Å². The maximum Gasteiger partial charge on any atom is 0.328 e. The molecule has 1 aliphatic rings. The van der Waals surface area contributed by atoms with Gasteiger partial charge in [-0.15, -0.1) is 0 Å². The Kier molecular flexibility index (Phi) is 7.70. The molecule has 28 heavy (non-hydrogen) atoms. The molecule has 0 saturated heterocycles. The van der Waals surface area contributed by atoms with Gasteiger partial charge in [0.15, 0.2) is 5.82 Å². The van der Waals surface area contributed by atoms with Crippen LogP contribution in [0.4, 0.5) is 5.69 Å². The van der Waals surface area contributed by atoms with E-state index < -0.39 is 11.9 Å². The molecule has 0 amide bonds. The molecule has 0 radical (unpaired) electrons. The highest BCUT2D eigenvalue weighted by Gasteiger charge is 2.11. The Morgan fingerprint density at radius 1 is 1.25 bits per heavy atom. The normalized spacial score (nSPS) is 12.7. The van der Waals surface area contributed by atoms with Crippen molar-refractivity contribution in [2.24, 2.45) is 4.99 Å². The Bertz CT molecular complexity index is 858. The second-order valence-electron chi connectivity index (χ2n) is 5.56. The van der Waals surface area contributed by atoms with Crippen LogP contribution in [0.5, 0.6) is 0 Å². The van der Waals surface area contributed by atoms with Gasteiger partial charge in [-0.25, -0.2) is 19.3 Å². The molecular weight excluding hydrogens is 364 g/mol. The van der Waals surface area contributed by atoms with Crippen LogP contribution in [0.3, 0.4) is 0 Å². The number of para-hydroxylation sites is 1. The lowest BCUT2D eigenvalue weighted by atomic mass is 10.1. The fraction of sp³-hybridized carbons (Fsp3) is 0.278. The molecule has 0 spiro atoms. The van der Waals surface area contributed by atoms with Crippen molar-refractivity contribution >= 4 is 23.5 Å². The average molecular weight is 386 g/mol. The Labute approximate surface area is 161 Å². The third kappa shape index (κ3) is 6.24. The van der Waals surface area contributed by atoms with Crippen LogP contribution in [-0.2, 0) is 16.1 Å². The van der Waals surface area contributed by atoms with Gasteiger partial charge in [-0.05, 0) is 19.1 Å². The minimum absolute atomic E-state index is 0.558. The summed E-state index contributed by atoms with van der Waals surface area (Å²) in [6.07, 6.45) is 2.71. The molecule has 0 fully saturated rings. The SMILES string of the molecule is CCn1ncnc1-c1ccccc1NCC1=NCCN1.O=C(O)C=CC(=O)O. The molecule has 0 saturated carbocycles. The van der Waals surface area contributed by atoms with Crippen LogP contribution in [0.2, 0.25) is 0 Å². The van der Waals surface area contributed by atoms with E-state index in [4.69, 9.17) is 10.2 Å². The lowest BCUT2D eigenvalue weighted by Crippen LogP contribution is -2.26. The summed E-state index contributed by atoms with van der Waals surface area (Å²) in [6, 6.07) is 8.14. The van der Waals surface area contributed by atoms with Crippen LogP contribution in [0.15, 0.2) is 47.7 Å². The molecule has 10 heteroatoms. The predicted molar refractivity (Wildman–Crippen MR) is 104 cm³/mol. The second kappa shape index (κ2) is 10.5. The first-order chi connectivity index (χ1) is 13.5. The molecule has 2 heterocycles. The number of hydrogen-bond donors (Lipinski definition) is 4. The van der Waals surface area contributed by atoms with Crippen molar-refractivity contribution in [2.45, 2.75) is 13.5 Å². The van der Waals surface area contributed by atoms with Gasteiger partial charge < -0.3 is 20.8 Å². The fourth-order valence-electron chi connectivity index (χ4n) is 2.42. The number of carboxylic acid groups (broad SMARTS) is 2. The summed E-state index contributed by atoms with van der Waals surface area (Å²) >= 11 is 0. The number of benzene rings is 1. The Balaban J connectivity index is 0.000000300. The summed E-state index contributed by atoms with van der Waals surface area (Å²) in [5.74, 6) is -0.617. The van der Waals surface area contributed by atoms with E-state index in [1.54, 1.807) is 6.33 Å². The van der Waals surface area contributed by atoms with Gasteiger partial charge in [0.25, 0.3) is 0 Å². The molecule has 2 aromatic rings. The number of rotatable bonds is 7. The summed E-state index contributed by atoms with van der Waals surface area (Å²) in [4.78, 5) is 27.9. The highest BCUT2D eigenvalue weighted by atomic mass is 16.4. The van der Waals surface area contributed by atoms with Gasteiger partial charge in [-0.3, -0.25) is 4.99 Å². The number of nitrogens with one attached hydrogen (secondary N) is 2. The van der Waals surface area contributed by atoms with Gasteiger partial charge in [0, 0.05) is 36.5 Å². The number of aliphatic imine (C=N–C) groups is 1. The van der Waals surface area contributed by atoms with Gasteiger partial charge in [0.05, 0.1) is 13.1 Å². The molecular formula is C18H22N6O4. The average Bonchev–Trinajstić information content (AvgIpc) is 3.37. The number of carbonyl (C=O) groups is 2. The molecule has 0 atom stereocenters. The molecule has 1 aliphatic heterocycles. The summed E-state index contributed by atoms with van der Waals surface area (Å²) in [6.45, 7) is 5.37. The van der Waals surface area contributed by atoms with Crippen molar-refractivity contribution in [2.75, 3.05) is 25.0 Å². The zero-order valence-electron chi connectivity index (χ0n) is 15.4. The quantitative estimate of drug-likeness (QED) is 0.518. The zero-order chi connectivity index (χ0) is 20.4. The maximum absolute atomic E-state index is 9.55. The predicted octanol–water partition coefficient (Wildman–Crippen LogP) is 1.09. The fourth-order valence-corrected chi connectivity index (χ4v) is 2.42. The molecule has 148 valence electrons. The minimum atomic E-state index is -1.26. The first-order valence-electron chi connectivity index (χ1n) is 8.63. The highest BCUT2D eigenvalue weighted by molar-refractivity contribution is 5.89. The van der Waals surface area contributed by atoms with Crippen molar-refractivity contribution < 1.29 is 19.8 Å². The number of nitrogens with zero attached hydrogens (tertiary/aromatic N) is 4. The van der Waals surface area contributed by atoms with E-state index in [0.29, 0.717) is 18.7 Å².